The third-order valence-electron chi connectivity index (χ3n) is 3.43. The minimum atomic E-state index is -0.171. The number of nitrogens with zero attached hydrogens (tertiary/aromatic N) is 1. The van der Waals surface area contributed by atoms with Crippen LogP contribution in [0.5, 0.6) is 0 Å². The molecule has 1 aromatic carbocycles. The average Bonchev–Trinajstić information content (AvgIpc) is 2.92. The van der Waals surface area contributed by atoms with Gasteiger partial charge in [-0.1, -0.05) is 30.3 Å². The van der Waals surface area contributed by atoms with Crippen molar-refractivity contribution in [2.24, 2.45) is 0 Å². The number of thiophene rings is 1. The molecule has 22 heavy (non-hydrogen) atoms. The van der Waals surface area contributed by atoms with Gasteiger partial charge in [0.1, 0.15) is 5.00 Å². The Hall–Kier alpha value is -2.14. The van der Waals surface area contributed by atoms with E-state index in [2.05, 4.69) is 5.32 Å². The molecule has 0 aliphatic rings. The lowest BCUT2D eigenvalue weighted by Gasteiger charge is -2.20. The highest BCUT2D eigenvalue weighted by atomic mass is 32.1. The van der Waals surface area contributed by atoms with Crippen molar-refractivity contribution in [2.45, 2.75) is 20.8 Å². The maximum absolute atomic E-state index is 12.8. The first-order valence-electron chi connectivity index (χ1n) is 7.32. The standard InChI is InChI=1S/C17H20N2O2S/c1-4-19(5-2)17(21)15-14(13-9-7-6-8-10-13)11-22-16(15)18-12(3)20/h6-11H,4-5H2,1-3H3,(H,18,20). The van der Waals surface area contributed by atoms with Crippen molar-refractivity contribution < 1.29 is 9.59 Å². The van der Waals surface area contributed by atoms with E-state index in [1.165, 1.54) is 18.3 Å². The molecule has 0 unspecified atom stereocenters. The summed E-state index contributed by atoms with van der Waals surface area (Å²) in [5.74, 6) is -0.219. The Kier molecular flexibility index (Phi) is 5.33. The molecule has 0 atom stereocenters. The zero-order chi connectivity index (χ0) is 16.1. The summed E-state index contributed by atoms with van der Waals surface area (Å²) in [6.45, 7) is 6.63. The molecule has 2 amide bonds. The molecule has 0 bridgehead atoms. The van der Waals surface area contributed by atoms with Crippen LogP contribution in [0.15, 0.2) is 35.7 Å². The molecule has 0 spiro atoms. The molecular weight excluding hydrogens is 296 g/mol. The van der Waals surface area contributed by atoms with Gasteiger partial charge in [-0.15, -0.1) is 11.3 Å². The fourth-order valence-corrected chi connectivity index (χ4v) is 3.33. The molecule has 0 aliphatic heterocycles. The first kappa shape index (κ1) is 16.2. The van der Waals surface area contributed by atoms with Crippen LogP contribution in [0, 0.1) is 0 Å². The minimum absolute atomic E-state index is 0.0474. The highest BCUT2D eigenvalue weighted by molar-refractivity contribution is 7.15. The fraction of sp³-hybridized carbons (Fsp3) is 0.294. The molecule has 4 nitrogen and oxygen atoms in total. The minimum Gasteiger partial charge on any atom is -0.339 e. The molecule has 0 saturated heterocycles. The normalized spacial score (nSPS) is 10.3. The summed E-state index contributed by atoms with van der Waals surface area (Å²) >= 11 is 1.39. The van der Waals surface area contributed by atoms with Crippen LogP contribution in [0.4, 0.5) is 5.00 Å². The molecule has 0 aliphatic carbocycles. The molecule has 0 saturated carbocycles. The summed E-state index contributed by atoms with van der Waals surface area (Å²) in [6, 6.07) is 9.77. The maximum Gasteiger partial charge on any atom is 0.257 e. The predicted molar refractivity (Wildman–Crippen MR) is 91.3 cm³/mol. The number of carbonyl (C=O) groups excluding carboxylic acids is 2. The molecule has 1 N–H and O–H groups in total. The van der Waals surface area contributed by atoms with Gasteiger partial charge in [0.2, 0.25) is 5.91 Å². The molecule has 2 aromatic rings. The van der Waals surface area contributed by atoms with Crippen molar-refractivity contribution in [1.29, 1.82) is 0 Å². The van der Waals surface area contributed by atoms with Crippen LogP contribution < -0.4 is 5.32 Å². The predicted octanol–water partition coefficient (Wildman–Crippen LogP) is 3.86. The zero-order valence-corrected chi connectivity index (χ0v) is 13.9. The van der Waals surface area contributed by atoms with Gasteiger partial charge < -0.3 is 10.2 Å². The van der Waals surface area contributed by atoms with Gasteiger partial charge in [0, 0.05) is 31.0 Å². The maximum atomic E-state index is 12.8. The summed E-state index contributed by atoms with van der Waals surface area (Å²) in [4.78, 5) is 26.0. The Balaban J connectivity index is 2.53. The molecule has 5 heteroatoms. The van der Waals surface area contributed by atoms with Crippen LogP contribution in [-0.4, -0.2) is 29.8 Å². The lowest BCUT2D eigenvalue weighted by Crippen LogP contribution is -2.31. The van der Waals surface area contributed by atoms with Crippen molar-refractivity contribution in [3.8, 4) is 11.1 Å². The average molecular weight is 316 g/mol. The number of hydrogen-bond acceptors (Lipinski definition) is 3. The van der Waals surface area contributed by atoms with E-state index in [0.717, 1.165) is 11.1 Å². The van der Waals surface area contributed by atoms with E-state index in [0.29, 0.717) is 23.7 Å². The Morgan fingerprint density at radius 1 is 1.14 bits per heavy atom. The number of anilines is 1. The van der Waals surface area contributed by atoms with Crippen molar-refractivity contribution in [1.82, 2.24) is 4.90 Å². The number of benzene rings is 1. The quantitative estimate of drug-likeness (QED) is 0.910. The van der Waals surface area contributed by atoms with Gasteiger partial charge >= 0.3 is 0 Å². The molecule has 1 aromatic heterocycles. The first-order valence-corrected chi connectivity index (χ1v) is 8.20. The van der Waals surface area contributed by atoms with Gasteiger partial charge in [0.15, 0.2) is 0 Å². The summed E-state index contributed by atoms with van der Waals surface area (Å²) in [7, 11) is 0. The Bertz CT molecular complexity index is 661. The molecule has 1 heterocycles. The number of rotatable bonds is 5. The van der Waals surface area contributed by atoms with Gasteiger partial charge in [0.05, 0.1) is 5.56 Å². The molecule has 2 rings (SSSR count). The Morgan fingerprint density at radius 2 is 1.77 bits per heavy atom. The van der Waals surface area contributed by atoms with Crippen LogP contribution >= 0.6 is 11.3 Å². The van der Waals surface area contributed by atoms with Crippen LogP contribution in [0.25, 0.3) is 11.1 Å². The topological polar surface area (TPSA) is 49.4 Å². The van der Waals surface area contributed by atoms with E-state index < -0.39 is 0 Å². The first-order chi connectivity index (χ1) is 10.6. The smallest absolute Gasteiger partial charge is 0.257 e. The van der Waals surface area contributed by atoms with E-state index in [4.69, 9.17) is 0 Å². The second kappa shape index (κ2) is 7.22. The summed E-state index contributed by atoms with van der Waals surface area (Å²) in [6.07, 6.45) is 0. The molecule has 0 radical (unpaired) electrons. The SMILES string of the molecule is CCN(CC)C(=O)c1c(-c2ccccc2)csc1NC(C)=O. The van der Waals surface area contributed by atoms with E-state index >= 15 is 0 Å². The largest absolute Gasteiger partial charge is 0.339 e. The van der Waals surface area contributed by atoms with Crippen molar-refractivity contribution in [3.05, 3.63) is 41.3 Å². The number of hydrogen-bond donors (Lipinski definition) is 1. The molecule has 116 valence electrons. The van der Waals surface area contributed by atoms with Crippen molar-refractivity contribution in [3.63, 3.8) is 0 Å². The third-order valence-corrected chi connectivity index (χ3v) is 4.33. The van der Waals surface area contributed by atoms with Crippen LogP contribution in [0.1, 0.15) is 31.1 Å². The highest BCUT2D eigenvalue weighted by Crippen LogP contribution is 2.36. The van der Waals surface area contributed by atoms with Gasteiger partial charge in [0.25, 0.3) is 5.91 Å². The van der Waals surface area contributed by atoms with E-state index in [1.54, 1.807) is 4.90 Å². The van der Waals surface area contributed by atoms with E-state index in [9.17, 15) is 9.59 Å². The lowest BCUT2D eigenvalue weighted by atomic mass is 10.0. The number of nitrogens with one attached hydrogen (secondary N) is 1. The van der Waals surface area contributed by atoms with Crippen LogP contribution in [0.3, 0.4) is 0 Å². The van der Waals surface area contributed by atoms with Gasteiger partial charge in [-0.05, 0) is 19.4 Å². The fourth-order valence-electron chi connectivity index (χ4n) is 2.32. The number of carbonyl (C=O) groups is 2. The van der Waals surface area contributed by atoms with Crippen LogP contribution in [-0.2, 0) is 4.79 Å². The van der Waals surface area contributed by atoms with Crippen molar-refractivity contribution >= 4 is 28.2 Å². The molecule has 0 fully saturated rings. The van der Waals surface area contributed by atoms with E-state index in [-0.39, 0.29) is 11.8 Å². The van der Waals surface area contributed by atoms with E-state index in [1.807, 2.05) is 49.6 Å². The summed E-state index contributed by atoms with van der Waals surface area (Å²) < 4.78 is 0. The van der Waals surface area contributed by atoms with Gasteiger partial charge in [-0.3, -0.25) is 9.59 Å². The van der Waals surface area contributed by atoms with Gasteiger partial charge in [-0.2, -0.15) is 0 Å². The monoisotopic (exact) mass is 316 g/mol. The summed E-state index contributed by atoms with van der Waals surface area (Å²) in [5.41, 5.74) is 2.42. The lowest BCUT2D eigenvalue weighted by molar-refractivity contribution is -0.114. The number of amides is 2. The summed E-state index contributed by atoms with van der Waals surface area (Å²) in [5, 5.41) is 5.32. The van der Waals surface area contributed by atoms with Crippen molar-refractivity contribution in [2.75, 3.05) is 18.4 Å². The Morgan fingerprint density at radius 3 is 2.32 bits per heavy atom. The molecular formula is C17H20N2O2S. The zero-order valence-electron chi connectivity index (χ0n) is 13.1. The van der Waals surface area contributed by atoms with Crippen LogP contribution in [0.2, 0.25) is 0 Å². The Labute approximate surface area is 134 Å². The highest BCUT2D eigenvalue weighted by Gasteiger charge is 2.23. The van der Waals surface area contributed by atoms with Gasteiger partial charge in [-0.25, -0.2) is 0 Å². The second-order valence-electron chi connectivity index (χ2n) is 4.88. The third kappa shape index (κ3) is 3.36. The second-order valence-corrected chi connectivity index (χ2v) is 5.76.